The maximum Gasteiger partial charge on any atom is 0.238 e. The molecule has 0 saturated heterocycles. The van der Waals surface area contributed by atoms with E-state index in [4.69, 9.17) is 9.88 Å². The van der Waals surface area contributed by atoms with Crippen molar-refractivity contribution in [1.82, 2.24) is 5.32 Å². The molecule has 0 spiro atoms. The number of ether oxygens (including phenoxy) is 1. The van der Waals surface area contributed by atoms with Gasteiger partial charge in [-0.15, -0.1) is 0 Å². The highest BCUT2D eigenvalue weighted by Gasteiger charge is 2.13. The number of carbonyl (C=O) groups is 1. The molecule has 0 fully saturated rings. The number of hydrogen-bond acceptors (Lipinski definition) is 4. The Labute approximate surface area is 125 Å². The van der Waals surface area contributed by atoms with Gasteiger partial charge in [0.25, 0.3) is 0 Å². The molecule has 118 valence electrons. The van der Waals surface area contributed by atoms with Crippen LogP contribution >= 0.6 is 0 Å². The Bertz CT molecular complexity index is 597. The van der Waals surface area contributed by atoms with Crippen LogP contribution in [0.15, 0.2) is 23.1 Å². The SMILES string of the molecule is COc1ccc(S(N)(=O)=O)cc1CNC(=O)CCC(C)C. The summed E-state index contributed by atoms with van der Waals surface area (Å²) in [6, 6.07) is 4.31. The minimum Gasteiger partial charge on any atom is -0.496 e. The minimum absolute atomic E-state index is 0.00488. The quantitative estimate of drug-likeness (QED) is 0.794. The highest BCUT2D eigenvalue weighted by molar-refractivity contribution is 7.89. The zero-order valence-corrected chi connectivity index (χ0v) is 13.4. The molecule has 7 heteroatoms. The first kappa shape index (κ1) is 17.5. The van der Waals surface area contributed by atoms with Gasteiger partial charge in [0.05, 0.1) is 12.0 Å². The standard InChI is InChI=1S/C14H22N2O4S/c1-10(2)4-7-14(17)16-9-11-8-12(21(15,18)19)5-6-13(11)20-3/h5-6,8,10H,4,7,9H2,1-3H3,(H,16,17)(H2,15,18,19). The largest absolute Gasteiger partial charge is 0.496 e. The number of methoxy groups -OCH3 is 1. The molecule has 0 bridgehead atoms. The average molecular weight is 314 g/mol. The van der Waals surface area contributed by atoms with Crippen LogP contribution in [-0.2, 0) is 21.4 Å². The molecule has 0 aliphatic heterocycles. The minimum atomic E-state index is -3.78. The summed E-state index contributed by atoms with van der Waals surface area (Å²) in [4.78, 5) is 11.7. The van der Waals surface area contributed by atoms with E-state index in [0.29, 0.717) is 23.7 Å². The van der Waals surface area contributed by atoms with Gasteiger partial charge in [-0.3, -0.25) is 4.79 Å². The molecule has 3 N–H and O–H groups in total. The van der Waals surface area contributed by atoms with Gasteiger partial charge in [0.15, 0.2) is 0 Å². The Morgan fingerprint density at radius 2 is 2.05 bits per heavy atom. The van der Waals surface area contributed by atoms with Crippen LogP contribution in [0.2, 0.25) is 0 Å². The molecule has 6 nitrogen and oxygen atoms in total. The number of hydrogen-bond donors (Lipinski definition) is 2. The molecule has 1 aromatic carbocycles. The van der Waals surface area contributed by atoms with E-state index in [1.807, 2.05) is 13.8 Å². The number of carbonyl (C=O) groups excluding carboxylic acids is 1. The van der Waals surface area contributed by atoms with Gasteiger partial charge in [-0.25, -0.2) is 13.6 Å². The van der Waals surface area contributed by atoms with Gasteiger partial charge in [-0.2, -0.15) is 0 Å². The highest BCUT2D eigenvalue weighted by Crippen LogP contribution is 2.21. The van der Waals surface area contributed by atoms with E-state index in [0.717, 1.165) is 6.42 Å². The van der Waals surface area contributed by atoms with E-state index in [2.05, 4.69) is 5.32 Å². The monoisotopic (exact) mass is 314 g/mol. The molecule has 0 saturated carbocycles. The van der Waals surface area contributed by atoms with Crippen molar-refractivity contribution in [2.75, 3.05) is 7.11 Å². The van der Waals surface area contributed by atoms with Gasteiger partial charge in [-0.1, -0.05) is 13.8 Å². The molecule has 0 radical (unpaired) electrons. The van der Waals surface area contributed by atoms with Crippen LogP contribution in [0, 0.1) is 5.92 Å². The zero-order chi connectivity index (χ0) is 16.0. The van der Waals surface area contributed by atoms with Crippen LogP contribution in [0.25, 0.3) is 0 Å². The summed E-state index contributed by atoms with van der Waals surface area (Å²) in [5.41, 5.74) is 0.571. The van der Waals surface area contributed by atoms with Crippen LogP contribution in [0.4, 0.5) is 0 Å². The van der Waals surface area contributed by atoms with Gasteiger partial charge in [0, 0.05) is 18.5 Å². The third-order valence-electron chi connectivity index (χ3n) is 3.01. The molecule has 0 atom stereocenters. The maximum absolute atomic E-state index is 11.7. The van der Waals surface area contributed by atoms with E-state index in [1.165, 1.54) is 25.3 Å². The van der Waals surface area contributed by atoms with Crippen molar-refractivity contribution < 1.29 is 17.9 Å². The summed E-state index contributed by atoms with van der Waals surface area (Å²) in [6.45, 7) is 4.29. The summed E-state index contributed by atoms with van der Waals surface area (Å²) in [5, 5.41) is 7.85. The molecular weight excluding hydrogens is 292 g/mol. The summed E-state index contributed by atoms with van der Waals surface area (Å²) in [5.74, 6) is 0.884. The second kappa shape index (κ2) is 7.42. The summed E-state index contributed by atoms with van der Waals surface area (Å²) in [6.07, 6.45) is 1.25. The number of benzene rings is 1. The van der Waals surface area contributed by atoms with Crippen LogP contribution in [0.3, 0.4) is 0 Å². The summed E-state index contributed by atoms with van der Waals surface area (Å²) >= 11 is 0. The molecule has 0 aliphatic carbocycles. The Morgan fingerprint density at radius 3 is 2.57 bits per heavy atom. The Balaban J connectivity index is 2.79. The lowest BCUT2D eigenvalue weighted by molar-refractivity contribution is -0.121. The van der Waals surface area contributed by atoms with Gasteiger partial charge in [0.2, 0.25) is 15.9 Å². The Morgan fingerprint density at radius 1 is 1.38 bits per heavy atom. The summed E-state index contributed by atoms with van der Waals surface area (Å²) < 4.78 is 27.9. The average Bonchev–Trinajstić information content (AvgIpc) is 2.41. The van der Waals surface area contributed by atoms with Gasteiger partial charge >= 0.3 is 0 Å². The number of primary sulfonamides is 1. The molecule has 21 heavy (non-hydrogen) atoms. The van der Waals surface area contributed by atoms with Crippen molar-refractivity contribution in [3.8, 4) is 5.75 Å². The Hall–Kier alpha value is -1.60. The lowest BCUT2D eigenvalue weighted by Crippen LogP contribution is -2.23. The van der Waals surface area contributed by atoms with Crippen LogP contribution in [0.1, 0.15) is 32.3 Å². The van der Waals surface area contributed by atoms with Crippen molar-refractivity contribution in [1.29, 1.82) is 0 Å². The number of nitrogens with one attached hydrogen (secondary N) is 1. The van der Waals surface area contributed by atoms with E-state index < -0.39 is 10.0 Å². The van der Waals surface area contributed by atoms with E-state index in [-0.39, 0.29) is 17.3 Å². The topological polar surface area (TPSA) is 98.5 Å². The molecule has 1 rings (SSSR count). The fourth-order valence-electron chi connectivity index (χ4n) is 1.77. The highest BCUT2D eigenvalue weighted by atomic mass is 32.2. The number of sulfonamides is 1. The number of nitrogens with two attached hydrogens (primary N) is 1. The molecule has 0 aliphatic rings. The molecule has 0 unspecified atom stereocenters. The molecular formula is C14H22N2O4S. The van der Waals surface area contributed by atoms with E-state index in [9.17, 15) is 13.2 Å². The fraction of sp³-hybridized carbons (Fsp3) is 0.500. The third-order valence-corrected chi connectivity index (χ3v) is 3.92. The second-order valence-corrected chi connectivity index (χ2v) is 6.79. The maximum atomic E-state index is 11.7. The third kappa shape index (κ3) is 5.73. The lowest BCUT2D eigenvalue weighted by Gasteiger charge is -2.11. The fourth-order valence-corrected chi connectivity index (χ4v) is 2.34. The predicted octanol–water partition coefficient (Wildman–Crippen LogP) is 1.39. The number of amides is 1. The Kier molecular flexibility index (Phi) is 6.17. The van der Waals surface area contributed by atoms with Crippen LogP contribution in [0.5, 0.6) is 5.75 Å². The van der Waals surface area contributed by atoms with Gasteiger partial charge in [0.1, 0.15) is 5.75 Å². The first-order valence-electron chi connectivity index (χ1n) is 6.70. The molecule has 1 amide bonds. The molecule has 0 aromatic heterocycles. The lowest BCUT2D eigenvalue weighted by atomic mass is 10.1. The first-order valence-corrected chi connectivity index (χ1v) is 8.25. The summed E-state index contributed by atoms with van der Waals surface area (Å²) in [7, 11) is -2.30. The van der Waals surface area contributed by atoms with Crippen molar-refractivity contribution in [3.05, 3.63) is 23.8 Å². The molecule has 0 heterocycles. The van der Waals surface area contributed by atoms with Crippen molar-refractivity contribution in [2.45, 2.75) is 38.1 Å². The van der Waals surface area contributed by atoms with Crippen LogP contribution in [-0.4, -0.2) is 21.4 Å². The normalized spacial score (nSPS) is 11.5. The van der Waals surface area contributed by atoms with Crippen molar-refractivity contribution >= 4 is 15.9 Å². The predicted molar refractivity (Wildman–Crippen MR) is 80.3 cm³/mol. The zero-order valence-electron chi connectivity index (χ0n) is 12.5. The van der Waals surface area contributed by atoms with E-state index in [1.54, 1.807) is 0 Å². The van der Waals surface area contributed by atoms with Crippen LogP contribution < -0.4 is 15.2 Å². The second-order valence-electron chi connectivity index (χ2n) is 5.23. The first-order chi connectivity index (χ1) is 9.74. The van der Waals surface area contributed by atoms with Gasteiger partial charge < -0.3 is 10.1 Å². The smallest absolute Gasteiger partial charge is 0.238 e. The number of rotatable bonds is 7. The van der Waals surface area contributed by atoms with Gasteiger partial charge in [-0.05, 0) is 30.5 Å². The van der Waals surface area contributed by atoms with E-state index >= 15 is 0 Å². The van der Waals surface area contributed by atoms with Crippen molar-refractivity contribution in [3.63, 3.8) is 0 Å². The molecule has 1 aromatic rings. The van der Waals surface area contributed by atoms with Crippen molar-refractivity contribution in [2.24, 2.45) is 11.1 Å².